The molecule has 4 rings (SSSR count). The maximum atomic E-state index is 12.8. The number of hydrazone groups is 1. The number of carbonyl (C=O) groups excluding carboxylic acids is 1. The number of rotatable bonds is 6. The largest absolute Gasteiger partial charge is 0.508 e. The standard InChI is InChI=1S/C18H21N9O4/c19-16-17(24-31-23-16)27-13(10-26-6-2-1-3-7-26)15(21-25-27)18(30)22-20-9-11-4-5-12(28)8-14(11)29/h4-5,8-9,28-29H,1-3,6-7,10H2,(H2,19,23)(H,22,30). The first-order valence-corrected chi connectivity index (χ1v) is 9.63. The molecule has 5 N–H and O–H groups in total. The minimum absolute atomic E-state index is 0.0255. The number of nitrogens with two attached hydrogens (primary N) is 1. The van der Waals surface area contributed by atoms with Gasteiger partial charge in [0, 0.05) is 18.2 Å². The number of anilines is 1. The van der Waals surface area contributed by atoms with Crippen molar-refractivity contribution in [3.8, 4) is 17.3 Å². The van der Waals surface area contributed by atoms with E-state index in [4.69, 9.17) is 5.73 Å². The third-order valence-corrected chi connectivity index (χ3v) is 4.88. The first-order chi connectivity index (χ1) is 15.0. The summed E-state index contributed by atoms with van der Waals surface area (Å²) < 4.78 is 5.99. The van der Waals surface area contributed by atoms with Crippen LogP contribution in [0, 0.1) is 0 Å². The average molecular weight is 427 g/mol. The van der Waals surface area contributed by atoms with Gasteiger partial charge in [-0.3, -0.25) is 9.69 Å². The number of nitrogens with zero attached hydrogens (tertiary/aromatic N) is 7. The second-order valence-electron chi connectivity index (χ2n) is 7.05. The first-order valence-electron chi connectivity index (χ1n) is 9.63. The quantitative estimate of drug-likeness (QED) is 0.317. The van der Waals surface area contributed by atoms with E-state index in [9.17, 15) is 15.0 Å². The molecule has 0 spiro atoms. The molecule has 0 atom stereocenters. The SMILES string of the molecule is Nc1nonc1-n1nnc(C(=O)NN=Cc2ccc(O)cc2O)c1CN1CCCCC1. The van der Waals surface area contributed by atoms with E-state index in [1.54, 1.807) is 0 Å². The lowest BCUT2D eigenvalue weighted by molar-refractivity contribution is 0.0947. The summed E-state index contributed by atoms with van der Waals surface area (Å²) in [5.41, 5.74) is 9.01. The minimum atomic E-state index is -0.595. The van der Waals surface area contributed by atoms with E-state index in [-0.39, 0.29) is 28.8 Å². The second kappa shape index (κ2) is 8.79. The number of hydrogen-bond acceptors (Lipinski definition) is 11. The zero-order valence-corrected chi connectivity index (χ0v) is 16.5. The van der Waals surface area contributed by atoms with Crippen LogP contribution in [0.15, 0.2) is 27.9 Å². The van der Waals surface area contributed by atoms with Crippen LogP contribution in [0.3, 0.4) is 0 Å². The molecule has 1 saturated heterocycles. The number of phenols is 2. The molecule has 1 fully saturated rings. The van der Waals surface area contributed by atoms with Crippen LogP contribution in [0.5, 0.6) is 11.5 Å². The van der Waals surface area contributed by atoms with Gasteiger partial charge in [-0.05, 0) is 48.4 Å². The van der Waals surface area contributed by atoms with Crippen LogP contribution < -0.4 is 11.2 Å². The van der Waals surface area contributed by atoms with Gasteiger partial charge in [-0.1, -0.05) is 11.6 Å². The van der Waals surface area contributed by atoms with E-state index in [1.165, 1.54) is 35.5 Å². The van der Waals surface area contributed by atoms with Crippen molar-refractivity contribution in [1.29, 1.82) is 0 Å². The Hall–Kier alpha value is -4.00. The third kappa shape index (κ3) is 4.45. The molecule has 0 saturated carbocycles. The van der Waals surface area contributed by atoms with Crippen molar-refractivity contribution in [2.45, 2.75) is 25.8 Å². The Morgan fingerprint density at radius 1 is 1.26 bits per heavy atom. The lowest BCUT2D eigenvalue weighted by atomic mass is 10.1. The maximum absolute atomic E-state index is 12.8. The highest BCUT2D eigenvalue weighted by atomic mass is 16.6. The fourth-order valence-corrected chi connectivity index (χ4v) is 3.31. The maximum Gasteiger partial charge on any atom is 0.293 e. The van der Waals surface area contributed by atoms with Gasteiger partial charge >= 0.3 is 0 Å². The average Bonchev–Trinajstić information content (AvgIpc) is 3.36. The Morgan fingerprint density at radius 2 is 2.06 bits per heavy atom. The zero-order valence-electron chi connectivity index (χ0n) is 16.5. The third-order valence-electron chi connectivity index (χ3n) is 4.88. The summed E-state index contributed by atoms with van der Waals surface area (Å²) in [6.45, 7) is 2.18. The summed E-state index contributed by atoms with van der Waals surface area (Å²) >= 11 is 0. The second-order valence-corrected chi connectivity index (χ2v) is 7.05. The van der Waals surface area contributed by atoms with E-state index in [2.05, 4.69) is 40.7 Å². The van der Waals surface area contributed by atoms with Gasteiger partial charge in [-0.25, -0.2) is 10.1 Å². The topological polar surface area (TPSA) is 181 Å². The number of benzene rings is 1. The predicted molar refractivity (Wildman–Crippen MR) is 108 cm³/mol. The van der Waals surface area contributed by atoms with E-state index < -0.39 is 5.91 Å². The molecule has 3 aromatic rings. The molecule has 1 aliphatic rings. The predicted octanol–water partition coefficient (Wildman–Crippen LogP) is 0.393. The Kier molecular flexibility index (Phi) is 5.75. The summed E-state index contributed by atoms with van der Waals surface area (Å²) in [4.78, 5) is 14.9. The summed E-state index contributed by atoms with van der Waals surface area (Å²) in [6, 6.07) is 4.02. The number of nitrogen functional groups attached to an aromatic ring is 1. The van der Waals surface area contributed by atoms with Crippen molar-refractivity contribution < 1.29 is 19.6 Å². The highest BCUT2D eigenvalue weighted by molar-refractivity contribution is 5.94. The van der Waals surface area contributed by atoms with E-state index in [0.717, 1.165) is 25.9 Å². The molecule has 0 aliphatic carbocycles. The molecule has 3 heterocycles. The number of nitrogens with one attached hydrogen (secondary N) is 1. The molecule has 31 heavy (non-hydrogen) atoms. The van der Waals surface area contributed by atoms with Gasteiger partial charge in [-0.15, -0.1) is 5.10 Å². The van der Waals surface area contributed by atoms with Crippen molar-refractivity contribution in [3.63, 3.8) is 0 Å². The van der Waals surface area contributed by atoms with Gasteiger partial charge < -0.3 is 15.9 Å². The number of amides is 1. The number of aromatic hydroxyl groups is 2. The van der Waals surface area contributed by atoms with Crippen LogP contribution in [0.1, 0.15) is 41.0 Å². The van der Waals surface area contributed by atoms with Crippen LogP contribution in [-0.4, -0.2) is 65.6 Å². The van der Waals surface area contributed by atoms with Crippen molar-refractivity contribution >= 4 is 17.9 Å². The Labute approximate surface area is 176 Å². The van der Waals surface area contributed by atoms with Gasteiger partial charge in [-0.2, -0.15) is 9.78 Å². The van der Waals surface area contributed by atoms with Crippen LogP contribution in [0.2, 0.25) is 0 Å². The summed E-state index contributed by atoms with van der Waals surface area (Å²) in [7, 11) is 0. The van der Waals surface area contributed by atoms with Crippen molar-refractivity contribution in [2.75, 3.05) is 18.8 Å². The summed E-state index contributed by atoms with van der Waals surface area (Å²) in [5, 5.41) is 38.3. The lowest BCUT2D eigenvalue weighted by Gasteiger charge is -2.26. The minimum Gasteiger partial charge on any atom is -0.508 e. The molecule has 13 nitrogen and oxygen atoms in total. The van der Waals surface area contributed by atoms with Gasteiger partial charge in [0.2, 0.25) is 11.6 Å². The lowest BCUT2D eigenvalue weighted by Crippen LogP contribution is -2.31. The monoisotopic (exact) mass is 427 g/mol. The molecule has 0 bridgehead atoms. The fraction of sp³-hybridized carbons (Fsp3) is 0.333. The van der Waals surface area contributed by atoms with Crippen LogP contribution >= 0.6 is 0 Å². The Balaban J connectivity index is 1.57. The smallest absolute Gasteiger partial charge is 0.293 e. The van der Waals surface area contributed by atoms with Gasteiger partial charge in [0.25, 0.3) is 5.91 Å². The molecule has 1 amide bonds. The normalized spacial score (nSPS) is 14.8. The van der Waals surface area contributed by atoms with Gasteiger partial charge in [0.15, 0.2) is 5.69 Å². The summed E-state index contributed by atoms with van der Waals surface area (Å²) in [6.07, 6.45) is 4.55. The van der Waals surface area contributed by atoms with Crippen LogP contribution in [-0.2, 0) is 6.54 Å². The molecule has 13 heteroatoms. The Morgan fingerprint density at radius 3 is 2.77 bits per heavy atom. The Bertz CT molecular complexity index is 1100. The van der Waals surface area contributed by atoms with Crippen molar-refractivity contribution in [1.82, 2.24) is 35.6 Å². The number of phenolic OH excluding ortho intramolecular Hbond substituents is 2. The highest BCUT2D eigenvalue weighted by Crippen LogP contribution is 2.21. The molecule has 0 radical (unpaired) electrons. The zero-order chi connectivity index (χ0) is 21.8. The highest BCUT2D eigenvalue weighted by Gasteiger charge is 2.26. The van der Waals surface area contributed by atoms with Crippen LogP contribution in [0.25, 0.3) is 5.82 Å². The molecule has 1 aliphatic heterocycles. The number of aromatic nitrogens is 5. The van der Waals surface area contributed by atoms with Gasteiger partial charge in [0.05, 0.1) is 11.9 Å². The number of likely N-dealkylation sites (tertiary alicyclic amines) is 1. The van der Waals surface area contributed by atoms with Crippen molar-refractivity contribution in [2.24, 2.45) is 5.10 Å². The number of hydrogen-bond donors (Lipinski definition) is 4. The summed E-state index contributed by atoms with van der Waals surface area (Å²) in [5.74, 6) is -0.681. The first kappa shape index (κ1) is 20.3. The fourth-order valence-electron chi connectivity index (χ4n) is 3.31. The van der Waals surface area contributed by atoms with E-state index >= 15 is 0 Å². The molecule has 1 aromatic carbocycles. The molecule has 2 aromatic heterocycles. The molecule has 162 valence electrons. The van der Waals surface area contributed by atoms with Crippen LogP contribution in [0.4, 0.5) is 5.82 Å². The van der Waals surface area contributed by atoms with Crippen molar-refractivity contribution in [3.05, 3.63) is 35.2 Å². The molecular weight excluding hydrogens is 406 g/mol. The number of carbonyl (C=O) groups is 1. The van der Waals surface area contributed by atoms with E-state index in [1.807, 2.05) is 0 Å². The molecular formula is C18H21N9O4. The van der Waals surface area contributed by atoms with E-state index in [0.29, 0.717) is 17.8 Å². The number of piperidine rings is 1. The van der Waals surface area contributed by atoms with Gasteiger partial charge in [0.1, 0.15) is 11.5 Å². The molecule has 0 unspecified atom stereocenters.